The summed E-state index contributed by atoms with van der Waals surface area (Å²) in [6.07, 6.45) is 1.97. The second-order valence-electron chi connectivity index (χ2n) is 6.00. The molecule has 1 fully saturated rings. The maximum Gasteiger partial charge on any atom is 0.123 e. The lowest BCUT2D eigenvalue weighted by Crippen LogP contribution is -2.33. The van der Waals surface area contributed by atoms with Gasteiger partial charge in [0, 0.05) is 6.54 Å². The average Bonchev–Trinajstić information content (AvgIpc) is 3.07. The summed E-state index contributed by atoms with van der Waals surface area (Å²) in [5.41, 5.74) is 1.97. The van der Waals surface area contributed by atoms with Crippen molar-refractivity contribution in [2.75, 3.05) is 26.2 Å². The zero-order valence-corrected chi connectivity index (χ0v) is 13.1. The number of aliphatic hydroxyl groups is 1. The van der Waals surface area contributed by atoms with Crippen molar-refractivity contribution >= 4 is 0 Å². The molecule has 1 heterocycles. The number of hydrogen-bond acceptors (Lipinski definition) is 3. The summed E-state index contributed by atoms with van der Waals surface area (Å²) < 4.78 is 18.6. The Labute approximate surface area is 136 Å². The minimum Gasteiger partial charge on any atom is -0.491 e. The largest absolute Gasteiger partial charge is 0.491 e. The number of β-amino-alcohol motifs (C(OH)–C–C–N with tert-alkyl or cyclic N) is 1. The van der Waals surface area contributed by atoms with E-state index in [1.807, 2.05) is 24.3 Å². The summed E-state index contributed by atoms with van der Waals surface area (Å²) >= 11 is 0. The van der Waals surface area contributed by atoms with E-state index in [2.05, 4.69) is 4.90 Å². The van der Waals surface area contributed by atoms with Gasteiger partial charge >= 0.3 is 0 Å². The van der Waals surface area contributed by atoms with Crippen LogP contribution in [0.15, 0.2) is 48.5 Å². The highest BCUT2D eigenvalue weighted by Crippen LogP contribution is 2.22. The van der Waals surface area contributed by atoms with E-state index >= 15 is 0 Å². The molecule has 1 saturated heterocycles. The maximum atomic E-state index is 12.9. The Morgan fingerprint density at radius 3 is 2.13 bits per heavy atom. The molecule has 1 atom stereocenters. The van der Waals surface area contributed by atoms with E-state index in [0.29, 0.717) is 13.2 Å². The Bertz CT molecular complexity index is 606. The number of benzene rings is 2. The minimum atomic E-state index is -0.468. The van der Waals surface area contributed by atoms with E-state index in [-0.39, 0.29) is 5.82 Å². The van der Waals surface area contributed by atoms with Crippen LogP contribution in [0.2, 0.25) is 0 Å². The Morgan fingerprint density at radius 1 is 0.957 bits per heavy atom. The molecule has 0 aromatic heterocycles. The molecule has 0 saturated carbocycles. The summed E-state index contributed by atoms with van der Waals surface area (Å²) in [6, 6.07) is 14.0. The lowest BCUT2D eigenvalue weighted by molar-refractivity contribution is 0.0758. The third-order valence-electron chi connectivity index (χ3n) is 4.14. The van der Waals surface area contributed by atoms with Crippen LogP contribution in [0, 0.1) is 5.82 Å². The van der Waals surface area contributed by atoms with Gasteiger partial charge in [-0.15, -0.1) is 0 Å². The molecular weight excluding hydrogens is 293 g/mol. The van der Waals surface area contributed by atoms with E-state index in [9.17, 15) is 9.50 Å². The molecule has 2 aromatic rings. The number of halogens is 1. The van der Waals surface area contributed by atoms with E-state index in [1.54, 1.807) is 12.1 Å². The molecule has 122 valence electrons. The topological polar surface area (TPSA) is 32.7 Å². The smallest absolute Gasteiger partial charge is 0.123 e. The number of nitrogens with zero attached hydrogens (tertiary/aromatic N) is 1. The van der Waals surface area contributed by atoms with Crippen molar-refractivity contribution in [1.82, 2.24) is 4.90 Å². The average molecular weight is 315 g/mol. The van der Waals surface area contributed by atoms with Crippen molar-refractivity contribution in [3.05, 3.63) is 54.3 Å². The minimum absolute atomic E-state index is 0.235. The van der Waals surface area contributed by atoms with E-state index < -0.39 is 6.10 Å². The van der Waals surface area contributed by atoms with Gasteiger partial charge in [0.25, 0.3) is 0 Å². The van der Waals surface area contributed by atoms with Crippen molar-refractivity contribution in [1.29, 1.82) is 0 Å². The fourth-order valence-corrected chi connectivity index (χ4v) is 2.89. The zero-order valence-electron chi connectivity index (χ0n) is 13.1. The summed E-state index contributed by atoms with van der Waals surface area (Å²) in [5, 5.41) is 10.0. The van der Waals surface area contributed by atoms with Crippen LogP contribution in [0.5, 0.6) is 5.75 Å². The molecule has 1 aliphatic rings. The molecule has 4 heteroatoms. The van der Waals surface area contributed by atoms with Gasteiger partial charge in [0.2, 0.25) is 0 Å². The molecule has 0 bridgehead atoms. The summed E-state index contributed by atoms with van der Waals surface area (Å²) in [6.45, 7) is 3.12. The maximum absolute atomic E-state index is 12.9. The van der Waals surface area contributed by atoms with E-state index in [4.69, 9.17) is 4.74 Å². The second-order valence-corrected chi connectivity index (χ2v) is 6.00. The van der Waals surface area contributed by atoms with Crippen LogP contribution in [0.25, 0.3) is 11.1 Å². The van der Waals surface area contributed by atoms with Crippen LogP contribution in [-0.4, -0.2) is 42.4 Å². The molecule has 0 amide bonds. The fourth-order valence-electron chi connectivity index (χ4n) is 2.89. The van der Waals surface area contributed by atoms with Gasteiger partial charge in [-0.3, -0.25) is 0 Å². The third-order valence-corrected chi connectivity index (χ3v) is 4.14. The Kier molecular flexibility index (Phi) is 5.26. The molecule has 23 heavy (non-hydrogen) atoms. The van der Waals surface area contributed by atoms with Crippen LogP contribution in [0.3, 0.4) is 0 Å². The predicted octanol–water partition coefficient (Wildman–Crippen LogP) is 3.33. The molecule has 2 aromatic carbocycles. The molecule has 1 unspecified atom stereocenters. The third kappa shape index (κ3) is 4.53. The van der Waals surface area contributed by atoms with Crippen molar-refractivity contribution in [3.8, 4) is 16.9 Å². The molecule has 1 N–H and O–H groups in total. The van der Waals surface area contributed by atoms with Gasteiger partial charge in [0.05, 0.1) is 0 Å². The summed E-state index contributed by atoms with van der Waals surface area (Å²) in [5.74, 6) is 0.497. The van der Waals surface area contributed by atoms with E-state index in [0.717, 1.165) is 30.0 Å². The Morgan fingerprint density at radius 2 is 1.52 bits per heavy atom. The van der Waals surface area contributed by atoms with Gasteiger partial charge in [0.1, 0.15) is 24.3 Å². The first-order valence-corrected chi connectivity index (χ1v) is 8.10. The SMILES string of the molecule is OC(COc1ccc(-c2ccc(F)cc2)cc1)CN1CCCC1. The number of likely N-dealkylation sites (tertiary alicyclic amines) is 1. The molecule has 1 aliphatic heterocycles. The lowest BCUT2D eigenvalue weighted by atomic mass is 10.1. The lowest BCUT2D eigenvalue weighted by Gasteiger charge is -2.19. The molecule has 3 rings (SSSR count). The van der Waals surface area contributed by atoms with Crippen molar-refractivity contribution in [3.63, 3.8) is 0 Å². The standard InChI is InChI=1S/C19H22FNO2/c20-17-7-3-15(4-8-17)16-5-9-19(10-6-16)23-14-18(22)13-21-11-1-2-12-21/h3-10,18,22H,1-2,11-14H2. The first-order valence-electron chi connectivity index (χ1n) is 8.10. The number of hydrogen-bond donors (Lipinski definition) is 1. The molecule has 3 nitrogen and oxygen atoms in total. The predicted molar refractivity (Wildman–Crippen MR) is 89.0 cm³/mol. The van der Waals surface area contributed by atoms with Crippen LogP contribution in [0.1, 0.15) is 12.8 Å². The van der Waals surface area contributed by atoms with Crippen LogP contribution < -0.4 is 4.74 Å². The van der Waals surface area contributed by atoms with Crippen LogP contribution in [-0.2, 0) is 0 Å². The fraction of sp³-hybridized carbons (Fsp3) is 0.368. The van der Waals surface area contributed by atoms with Crippen molar-refractivity contribution in [2.45, 2.75) is 18.9 Å². The Balaban J connectivity index is 1.51. The highest BCUT2D eigenvalue weighted by molar-refractivity contribution is 5.63. The normalized spacial score (nSPS) is 16.4. The van der Waals surface area contributed by atoms with Crippen molar-refractivity contribution in [2.24, 2.45) is 0 Å². The first kappa shape index (κ1) is 16.0. The van der Waals surface area contributed by atoms with Gasteiger partial charge in [-0.2, -0.15) is 0 Å². The van der Waals surface area contributed by atoms with Crippen LogP contribution in [0.4, 0.5) is 4.39 Å². The Hall–Kier alpha value is -1.91. The highest BCUT2D eigenvalue weighted by Gasteiger charge is 2.16. The summed E-state index contributed by atoms with van der Waals surface area (Å²) in [7, 11) is 0. The molecule has 0 radical (unpaired) electrons. The second kappa shape index (κ2) is 7.57. The van der Waals surface area contributed by atoms with Crippen molar-refractivity contribution < 1.29 is 14.2 Å². The number of ether oxygens (including phenoxy) is 1. The highest BCUT2D eigenvalue weighted by atomic mass is 19.1. The monoisotopic (exact) mass is 315 g/mol. The van der Waals surface area contributed by atoms with E-state index in [1.165, 1.54) is 25.0 Å². The van der Waals surface area contributed by atoms with Crippen LogP contribution >= 0.6 is 0 Å². The summed E-state index contributed by atoms with van der Waals surface area (Å²) in [4.78, 5) is 2.27. The quantitative estimate of drug-likeness (QED) is 0.887. The van der Waals surface area contributed by atoms with Gasteiger partial charge in [-0.25, -0.2) is 4.39 Å². The number of aliphatic hydroxyl groups excluding tert-OH is 1. The molecule has 0 spiro atoms. The first-order chi connectivity index (χ1) is 11.2. The molecule has 0 aliphatic carbocycles. The molecular formula is C19H22FNO2. The zero-order chi connectivity index (χ0) is 16.1. The van der Waals surface area contributed by atoms with Gasteiger partial charge in [-0.1, -0.05) is 24.3 Å². The number of rotatable bonds is 6. The van der Waals surface area contributed by atoms with Gasteiger partial charge < -0.3 is 14.7 Å². The van der Waals surface area contributed by atoms with Gasteiger partial charge in [-0.05, 0) is 61.3 Å². The van der Waals surface area contributed by atoms with Gasteiger partial charge in [0.15, 0.2) is 0 Å².